The van der Waals surface area contributed by atoms with Gasteiger partial charge in [-0.25, -0.2) is 4.39 Å². The maximum atomic E-state index is 14.2. The second-order valence-corrected chi connectivity index (χ2v) is 9.92. The molecule has 4 aliphatic rings. The average Bonchev–Trinajstić information content (AvgIpc) is 3.11. The van der Waals surface area contributed by atoms with Gasteiger partial charge < -0.3 is 5.32 Å². The van der Waals surface area contributed by atoms with Crippen LogP contribution in [-0.4, -0.2) is 22.0 Å². The lowest BCUT2D eigenvalue weighted by Gasteiger charge is -2.55. The highest BCUT2D eigenvalue weighted by Gasteiger charge is 2.53. The number of nitrogens with zero attached hydrogens (tertiary/aromatic N) is 2. The molecule has 1 aromatic carbocycles. The number of halogens is 1. The number of aromatic nitrogens is 2. The molecular formula is C21H23FN4O2S. The van der Waals surface area contributed by atoms with Crippen molar-refractivity contribution in [2.24, 2.45) is 17.8 Å². The van der Waals surface area contributed by atoms with Crippen LogP contribution in [0.4, 0.5) is 15.2 Å². The maximum Gasteiger partial charge on any atom is 0.260 e. The first-order chi connectivity index (χ1) is 13.9. The fraction of sp³-hybridized carbons (Fsp3) is 0.524. The van der Waals surface area contributed by atoms with Gasteiger partial charge in [0.1, 0.15) is 10.8 Å². The lowest BCUT2D eigenvalue weighted by Crippen LogP contribution is -2.48. The monoisotopic (exact) mass is 414 g/mol. The van der Waals surface area contributed by atoms with Crippen LogP contribution in [0.2, 0.25) is 0 Å². The van der Waals surface area contributed by atoms with E-state index in [1.54, 1.807) is 0 Å². The molecule has 0 atom stereocenters. The average molecular weight is 415 g/mol. The number of carbonyl (C=O) groups is 2. The van der Waals surface area contributed by atoms with Gasteiger partial charge in [0.25, 0.3) is 5.91 Å². The first kappa shape index (κ1) is 18.7. The largest absolute Gasteiger partial charge is 0.326 e. The minimum Gasteiger partial charge on any atom is -0.326 e. The zero-order valence-electron chi connectivity index (χ0n) is 16.2. The normalized spacial score (nSPS) is 29.7. The first-order valence-corrected chi connectivity index (χ1v) is 10.9. The Hall–Kier alpha value is -2.35. The van der Waals surface area contributed by atoms with Crippen molar-refractivity contribution in [1.29, 1.82) is 0 Å². The highest BCUT2D eigenvalue weighted by molar-refractivity contribution is 7.15. The third kappa shape index (κ3) is 3.43. The second-order valence-electron chi connectivity index (χ2n) is 8.94. The number of rotatable bonds is 4. The molecule has 1 aromatic heterocycles. The third-order valence-electron chi connectivity index (χ3n) is 6.67. The summed E-state index contributed by atoms with van der Waals surface area (Å²) in [6.07, 6.45) is 7.58. The molecule has 4 fully saturated rings. The maximum absolute atomic E-state index is 14.2. The standard InChI is InChI=1S/C21H23FN4O2S/c1-11(27)23-15-2-3-17(22)16(7-15)18(28)24-20-26-25-19(29-20)21-8-12-4-13(9-21)6-14(5-12)10-21/h2-3,7,12-14H,4-6,8-10H2,1H3,(H,23,27)(H,24,26,28). The molecule has 0 radical (unpaired) electrons. The lowest BCUT2D eigenvalue weighted by atomic mass is 9.50. The summed E-state index contributed by atoms with van der Waals surface area (Å²) < 4.78 is 14.2. The molecule has 29 heavy (non-hydrogen) atoms. The molecule has 0 spiro atoms. The molecule has 0 aliphatic heterocycles. The minimum absolute atomic E-state index is 0.117. The topological polar surface area (TPSA) is 84.0 Å². The van der Waals surface area contributed by atoms with Crippen LogP contribution in [-0.2, 0) is 10.2 Å². The highest BCUT2D eigenvalue weighted by atomic mass is 32.1. The van der Waals surface area contributed by atoms with E-state index in [-0.39, 0.29) is 16.9 Å². The fourth-order valence-electron chi connectivity index (χ4n) is 6.01. The Morgan fingerprint density at radius 1 is 1.07 bits per heavy atom. The van der Waals surface area contributed by atoms with E-state index >= 15 is 0 Å². The van der Waals surface area contributed by atoms with Crippen LogP contribution in [0.25, 0.3) is 0 Å². The van der Waals surface area contributed by atoms with Gasteiger partial charge in [0.05, 0.1) is 5.56 Å². The highest BCUT2D eigenvalue weighted by Crippen LogP contribution is 2.61. The summed E-state index contributed by atoms with van der Waals surface area (Å²) in [5.74, 6) is 0.869. The molecule has 2 aromatic rings. The van der Waals surface area contributed by atoms with Crippen LogP contribution < -0.4 is 10.6 Å². The number of carbonyl (C=O) groups excluding carboxylic acids is 2. The van der Waals surface area contributed by atoms with Gasteiger partial charge in [-0.15, -0.1) is 10.2 Å². The SMILES string of the molecule is CC(=O)Nc1ccc(F)c(C(=O)Nc2nnc(C34CC5CC(CC(C5)C3)C4)s2)c1. The summed E-state index contributed by atoms with van der Waals surface area (Å²) in [5.41, 5.74) is 0.352. The lowest BCUT2D eigenvalue weighted by molar-refractivity contribution is -0.114. The number of anilines is 2. The van der Waals surface area contributed by atoms with Gasteiger partial charge in [0, 0.05) is 18.0 Å². The molecule has 0 unspecified atom stereocenters. The molecule has 2 amide bonds. The van der Waals surface area contributed by atoms with Gasteiger partial charge in [-0.05, 0) is 74.5 Å². The van der Waals surface area contributed by atoms with Crippen molar-refractivity contribution >= 4 is 34.0 Å². The molecule has 6 rings (SSSR count). The molecule has 2 N–H and O–H groups in total. The Morgan fingerprint density at radius 2 is 1.72 bits per heavy atom. The van der Waals surface area contributed by atoms with E-state index in [0.29, 0.717) is 10.8 Å². The summed E-state index contributed by atoms with van der Waals surface area (Å²) in [6, 6.07) is 3.91. The van der Waals surface area contributed by atoms with E-state index in [2.05, 4.69) is 20.8 Å². The van der Waals surface area contributed by atoms with E-state index in [0.717, 1.165) is 22.8 Å². The molecule has 4 aliphatic carbocycles. The molecule has 152 valence electrons. The second kappa shape index (κ2) is 6.86. The van der Waals surface area contributed by atoms with Crippen molar-refractivity contribution in [2.45, 2.75) is 50.9 Å². The number of amides is 2. The van der Waals surface area contributed by atoms with E-state index < -0.39 is 11.7 Å². The van der Waals surface area contributed by atoms with Gasteiger partial charge in [-0.3, -0.25) is 14.9 Å². The van der Waals surface area contributed by atoms with Crippen LogP contribution in [0, 0.1) is 23.6 Å². The summed E-state index contributed by atoms with van der Waals surface area (Å²) in [6.45, 7) is 1.36. The van der Waals surface area contributed by atoms with Crippen LogP contribution in [0.1, 0.15) is 60.8 Å². The predicted octanol–water partition coefficient (Wildman–Crippen LogP) is 4.36. The Labute approximate surface area is 172 Å². The molecule has 4 saturated carbocycles. The van der Waals surface area contributed by atoms with Crippen LogP contribution in [0.3, 0.4) is 0 Å². The first-order valence-electron chi connectivity index (χ1n) is 10.1. The van der Waals surface area contributed by atoms with Crippen LogP contribution in [0.5, 0.6) is 0 Å². The van der Waals surface area contributed by atoms with Crippen LogP contribution in [0.15, 0.2) is 18.2 Å². The van der Waals surface area contributed by atoms with Crippen molar-refractivity contribution in [3.63, 3.8) is 0 Å². The molecule has 6 nitrogen and oxygen atoms in total. The van der Waals surface area contributed by atoms with Crippen molar-refractivity contribution in [1.82, 2.24) is 10.2 Å². The van der Waals surface area contributed by atoms with E-state index in [4.69, 9.17) is 0 Å². The van der Waals surface area contributed by atoms with Gasteiger partial charge >= 0.3 is 0 Å². The van der Waals surface area contributed by atoms with Gasteiger partial charge in [-0.2, -0.15) is 0 Å². The van der Waals surface area contributed by atoms with E-state index in [1.807, 2.05) is 0 Å². The van der Waals surface area contributed by atoms with Gasteiger partial charge in [-0.1, -0.05) is 11.3 Å². The summed E-state index contributed by atoms with van der Waals surface area (Å²) in [7, 11) is 0. The number of benzene rings is 1. The number of nitrogens with one attached hydrogen (secondary N) is 2. The molecule has 4 bridgehead atoms. The third-order valence-corrected chi connectivity index (χ3v) is 7.75. The van der Waals surface area contributed by atoms with Crippen molar-refractivity contribution in [3.05, 3.63) is 34.6 Å². The molecule has 8 heteroatoms. The zero-order valence-corrected chi connectivity index (χ0v) is 17.0. The predicted molar refractivity (Wildman–Crippen MR) is 108 cm³/mol. The Kier molecular flexibility index (Phi) is 4.42. The van der Waals surface area contributed by atoms with Gasteiger partial charge in [0.15, 0.2) is 0 Å². The molecule has 0 saturated heterocycles. The Balaban J connectivity index is 1.34. The zero-order chi connectivity index (χ0) is 20.2. The molecular weight excluding hydrogens is 391 g/mol. The van der Waals surface area contributed by atoms with E-state index in [9.17, 15) is 14.0 Å². The van der Waals surface area contributed by atoms with Crippen molar-refractivity contribution in [2.75, 3.05) is 10.6 Å². The van der Waals surface area contributed by atoms with E-state index in [1.165, 1.54) is 75.0 Å². The summed E-state index contributed by atoms with van der Waals surface area (Å²) in [4.78, 5) is 23.8. The fourth-order valence-corrected chi connectivity index (χ4v) is 6.96. The quantitative estimate of drug-likeness (QED) is 0.779. The number of hydrogen-bond acceptors (Lipinski definition) is 5. The van der Waals surface area contributed by atoms with Crippen LogP contribution >= 0.6 is 11.3 Å². The van der Waals surface area contributed by atoms with Crippen molar-refractivity contribution < 1.29 is 14.0 Å². The minimum atomic E-state index is -0.651. The molecule has 1 heterocycles. The summed E-state index contributed by atoms with van der Waals surface area (Å²) >= 11 is 1.42. The number of hydrogen-bond donors (Lipinski definition) is 2. The summed E-state index contributed by atoms with van der Waals surface area (Å²) in [5, 5.41) is 15.3. The Bertz CT molecular complexity index is 954. The van der Waals surface area contributed by atoms with Gasteiger partial charge in [0.2, 0.25) is 11.0 Å². The smallest absolute Gasteiger partial charge is 0.260 e. The Morgan fingerprint density at radius 3 is 2.34 bits per heavy atom. The van der Waals surface area contributed by atoms with Crippen molar-refractivity contribution in [3.8, 4) is 0 Å².